The predicted octanol–water partition coefficient (Wildman–Crippen LogP) is 2.35. The van der Waals surface area contributed by atoms with E-state index in [9.17, 15) is 0 Å². The summed E-state index contributed by atoms with van der Waals surface area (Å²) < 4.78 is 5.20. The van der Waals surface area contributed by atoms with Crippen LogP contribution in [0.25, 0.3) is 0 Å². The molecule has 1 rings (SSSR count). The van der Waals surface area contributed by atoms with Gasteiger partial charge in [-0.2, -0.15) is 0 Å². The van der Waals surface area contributed by atoms with Gasteiger partial charge in [-0.3, -0.25) is 16.3 Å². The van der Waals surface area contributed by atoms with E-state index in [0.29, 0.717) is 5.88 Å². The lowest BCUT2D eigenvalue weighted by Gasteiger charge is -2.16. The first-order valence-electron chi connectivity index (χ1n) is 6.64. The number of hydrogen-bond donors (Lipinski definition) is 2. The van der Waals surface area contributed by atoms with Crippen molar-refractivity contribution in [3.05, 3.63) is 18.1 Å². The minimum absolute atomic E-state index is 0.00952. The lowest BCUT2D eigenvalue weighted by atomic mass is 10.0. The summed E-state index contributed by atoms with van der Waals surface area (Å²) in [6, 6.07) is 0.00952. The molecule has 5 heteroatoms. The van der Waals surface area contributed by atoms with Crippen LogP contribution in [0, 0.1) is 0 Å². The Morgan fingerprint density at radius 3 is 2.61 bits per heavy atom. The first kappa shape index (κ1) is 14.9. The van der Waals surface area contributed by atoms with Gasteiger partial charge in [-0.1, -0.05) is 39.0 Å². The predicted molar refractivity (Wildman–Crippen MR) is 72.0 cm³/mol. The van der Waals surface area contributed by atoms with Crippen LogP contribution in [0.4, 0.5) is 0 Å². The molecule has 1 aromatic rings. The summed E-state index contributed by atoms with van der Waals surface area (Å²) in [6.07, 6.45) is 10.5. The van der Waals surface area contributed by atoms with Crippen LogP contribution in [0.15, 0.2) is 12.4 Å². The quantitative estimate of drug-likeness (QED) is 0.401. The molecule has 0 aliphatic heterocycles. The Balaban J connectivity index is 2.49. The number of rotatable bonds is 9. The first-order valence-corrected chi connectivity index (χ1v) is 6.64. The molecule has 1 atom stereocenters. The lowest BCUT2D eigenvalue weighted by molar-refractivity contribution is 0.371. The number of nitrogens with zero attached hydrogens (tertiary/aromatic N) is 2. The molecule has 5 nitrogen and oxygen atoms in total. The molecule has 0 amide bonds. The molecule has 1 unspecified atom stereocenters. The van der Waals surface area contributed by atoms with Gasteiger partial charge in [-0.15, -0.1) is 0 Å². The van der Waals surface area contributed by atoms with Crippen molar-refractivity contribution in [3.63, 3.8) is 0 Å². The number of methoxy groups -OCH3 is 1. The highest BCUT2D eigenvalue weighted by Crippen LogP contribution is 2.23. The van der Waals surface area contributed by atoms with Gasteiger partial charge < -0.3 is 4.74 Å². The number of aromatic nitrogens is 2. The van der Waals surface area contributed by atoms with E-state index in [1.54, 1.807) is 19.5 Å². The monoisotopic (exact) mass is 252 g/mol. The Morgan fingerprint density at radius 1 is 1.22 bits per heavy atom. The molecule has 0 bridgehead atoms. The average molecular weight is 252 g/mol. The summed E-state index contributed by atoms with van der Waals surface area (Å²) in [5.41, 5.74) is 3.59. The van der Waals surface area contributed by atoms with E-state index < -0.39 is 0 Å². The second-order valence-electron chi connectivity index (χ2n) is 4.37. The van der Waals surface area contributed by atoms with Gasteiger partial charge in [0.1, 0.15) is 5.69 Å². The van der Waals surface area contributed by atoms with Crippen molar-refractivity contribution in [3.8, 4) is 5.88 Å². The van der Waals surface area contributed by atoms with Crippen LogP contribution in [0.3, 0.4) is 0 Å². The second kappa shape index (κ2) is 8.83. The van der Waals surface area contributed by atoms with Crippen molar-refractivity contribution in [1.29, 1.82) is 0 Å². The van der Waals surface area contributed by atoms with E-state index in [4.69, 9.17) is 10.6 Å². The third-order valence-electron chi connectivity index (χ3n) is 3.01. The van der Waals surface area contributed by atoms with Crippen molar-refractivity contribution >= 4 is 0 Å². The third-order valence-corrected chi connectivity index (χ3v) is 3.01. The SMILES string of the molecule is CCCCCCCC(NN)c1nccnc1OC. The summed E-state index contributed by atoms with van der Waals surface area (Å²) >= 11 is 0. The van der Waals surface area contributed by atoms with Crippen molar-refractivity contribution in [2.24, 2.45) is 5.84 Å². The van der Waals surface area contributed by atoms with E-state index in [1.807, 2.05) is 0 Å². The van der Waals surface area contributed by atoms with Crippen LogP contribution < -0.4 is 16.0 Å². The maximum atomic E-state index is 5.60. The van der Waals surface area contributed by atoms with E-state index in [1.165, 1.54) is 25.7 Å². The Hall–Kier alpha value is -1.20. The van der Waals surface area contributed by atoms with Crippen molar-refractivity contribution in [2.75, 3.05) is 7.11 Å². The van der Waals surface area contributed by atoms with Gasteiger partial charge in [0.25, 0.3) is 0 Å². The number of hydrazine groups is 1. The molecule has 18 heavy (non-hydrogen) atoms. The fourth-order valence-corrected chi connectivity index (χ4v) is 1.98. The van der Waals surface area contributed by atoms with E-state index in [0.717, 1.165) is 18.5 Å². The fourth-order valence-electron chi connectivity index (χ4n) is 1.98. The summed E-state index contributed by atoms with van der Waals surface area (Å²) in [5, 5.41) is 0. The molecular formula is C13H24N4O. The fraction of sp³-hybridized carbons (Fsp3) is 0.692. The highest BCUT2D eigenvalue weighted by molar-refractivity contribution is 5.20. The highest BCUT2D eigenvalue weighted by Gasteiger charge is 2.16. The average Bonchev–Trinajstić information content (AvgIpc) is 2.43. The summed E-state index contributed by atoms with van der Waals surface area (Å²) in [5.74, 6) is 6.15. The van der Waals surface area contributed by atoms with Crippen LogP contribution in [-0.2, 0) is 0 Å². The van der Waals surface area contributed by atoms with Crippen LogP contribution in [0.2, 0.25) is 0 Å². The standard InChI is InChI=1S/C13H24N4O/c1-3-4-5-6-7-8-11(17-14)12-13(18-2)16-10-9-15-12/h9-11,17H,3-8,14H2,1-2H3. The summed E-state index contributed by atoms with van der Waals surface area (Å²) in [4.78, 5) is 8.45. The molecule has 0 aliphatic rings. The van der Waals surface area contributed by atoms with Crippen LogP contribution in [0.1, 0.15) is 57.2 Å². The molecule has 1 aromatic heterocycles. The van der Waals surface area contributed by atoms with Crippen molar-refractivity contribution in [1.82, 2.24) is 15.4 Å². The first-order chi connectivity index (χ1) is 8.83. The number of nitrogens with two attached hydrogens (primary N) is 1. The van der Waals surface area contributed by atoms with Gasteiger partial charge in [-0.25, -0.2) is 4.98 Å². The van der Waals surface area contributed by atoms with Gasteiger partial charge >= 0.3 is 0 Å². The Kier molecular flexibility index (Phi) is 7.29. The lowest BCUT2D eigenvalue weighted by Crippen LogP contribution is -2.29. The summed E-state index contributed by atoms with van der Waals surface area (Å²) in [6.45, 7) is 2.22. The normalized spacial score (nSPS) is 12.4. The molecule has 0 spiro atoms. The van der Waals surface area contributed by atoms with Gasteiger partial charge in [0.05, 0.1) is 13.2 Å². The zero-order valence-corrected chi connectivity index (χ0v) is 11.4. The molecule has 3 N–H and O–H groups in total. The van der Waals surface area contributed by atoms with E-state index >= 15 is 0 Å². The number of ether oxygens (including phenoxy) is 1. The Labute approximate surface area is 109 Å². The van der Waals surface area contributed by atoms with E-state index in [2.05, 4.69) is 22.3 Å². The Morgan fingerprint density at radius 2 is 1.94 bits per heavy atom. The topological polar surface area (TPSA) is 73.1 Å². The molecule has 0 fully saturated rings. The number of hydrogen-bond acceptors (Lipinski definition) is 5. The zero-order valence-electron chi connectivity index (χ0n) is 11.4. The minimum atomic E-state index is 0.00952. The Bertz CT molecular complexity index is 333. The summed E-state index contributed by atoms with van der Waals surface area (Å²) in [7, 11) is 1.60. The van der Waals surface area contributed by atoms with Crippen molar-refractivity contribution < 1.29 is 4.74 Å². The molecule has 0 saturated heterocycles. The second-order valence-corrected chi connectivity index (χ2v) is 4.37. The maximum absolute atomic E-state index is 5.60. The van der Waals surface area contributed by atoms with Gasteiger partial charge in [-0.05, 0) is 6.42 Å². The molecule has 0 aromatic carbocycles. The number of unbranched alkanes of at least 4 members (excludes halogenated alkanes) is 4. The largest absolute Gasteiger partial charge is 0.480 e. The molecule has 0 aliphatic carbocycles. The van der Waals surface area contributed by atoms with Gasteiger partial charge in [0.2, 0.25) is 5.88 Å². The smallest absolute Gasteiger partial charge is 0.237 e. The maximum Gasteiger partial charge on any atom is 0.237 e. The molecule has 0 saturated carbocycles. The van der Waals surface area contributed by atoms with Crippen molar-refractivity contribution in [2.45, 2.75) is 51.5 Å². The van der Waals surface area contributed by atoms with Crippen LogP contribution >= 0.6 is 0 Å². The molecular weight excluding hydrogens is 228 g/mol. The van der Waals surface area contributed by atoms with Gasteiger partial charge in [0.15, 0.2) is 0 Å². The van der Waals surface area contributed by atoms with E-state index in [-0.39, 0.29) is 6.04 Å². The third kappa shape index (κ3) is 4.58. The minimum Gasteiger partial charge on any atom is -0.480 e. The zero-order chi connectivity index (χ0) is 13.2. The molecule has 102 valence electrons. The highest BCUT2D eigenvalue weighted by atomic mass is 16.5. The molecule has 1 heterocycles. The van der Waals surface area contributed by atoms with Gasteiger partial charge in [0, 0.05) is 12.4 Å². The van der Waals surface area contributed by atoms with Crippen LogP contribution in [0.5, 0.6) is 5.88 Å². The molecule has 0 radical (unpaired) electrons. The number of nitrogens with one attached hydrogen (secondary N) is 1. The van der Waals surface area contributed by atoms with Crippen LogP contribution in [-0.4, -0.2) is 17.1 Å².